The first-order chi connectivity index (χ1) is 8.94. The second-order valence-corrected chi connectivity index (χ2v) is 7.46. The monoisotopic (exact) mass is 268 g/mol. The second-order valence-electron chi connectivity index (χ2n) is 7.46. The zero-order chi connectivity index (χ0) is 14.0. The van der Waals surface area contributed by atoms with Crippen LogP contribution in [0.1, 0.15) is 46.5 Å². The Bertz CT molecular complexity index is 290. The number of hydrogen-bond donors (Lipinski definition) is 2. The van der Waals surface area contributed by atoms with Crippen molar-refractivity contribution in [1.29, 1.82) is 0 Å². The molecule has 0 aromatic carbocycles. The molecular formula is C16H32N2O. The lowest BCUT2D eigenvalue weighted by molar-refractivity contribution is 0.0833. The maximum atomic E-state index is 9.72. The first-order valence-corrected chi connectivity index (χ1v) is 8.01. The minimum Gasteiger partial charge on any atom is -0.393 e. The van der Waals surface area contributed by atoms with Crippen molar-refractivity contribution in [3.63, 3.8) is 0 Å². The molecule has 3 nitrogen and oxygen atoms in total. The molecule has 2 rings (SSSR count). The first kappa shape index (κ1) is 15.3. The molecule has 0 aromatic rings. The molecule has 112 valence electrons. The summed E-state index contributed by atoms with van der Waals surface area (Å²) in [5.74, 6) is 1.26. The molecule has 19 heavy (non-hydrogen) atoms. The van der Waals surface area contributed by atoms with Gasteiger partial charge in [0.2, 0.25) is 0 Å². The van der Waals surface area contributed by atoms with E-state index in [-0.39, 0.29) is 6.10 Å². The highest BCUT2D eigenvalue weighted by Crippen LogP contribution is 2.39. The topological polar surface area (TPSA) is 35.5 Å². The van der Waals surface area contributed by atoms with Crippen LogP contribution in [0, 0.1) is 17.3 Å². The average molecular weight is 268 g/mol. The van der Waals surface area contributed by atoms with E-state index < -0.39 is 0 Å². The van der Waals surface area contributed by atoms with E-state index in [1.807, 2.05) is 6.92 Å². The van der Waals surface area contributed by atoms with Crippen LogP contribution < -0.4 is 5.32 Å². The Morgan fingerprint density at radius 1 is 1.37 bits per heavy atom. The molecule has 1 saturated carbocycles. The molecule has 0 amide bonds. The van der Waals surface area contributed by atoms with Crippen LogP contribution in [0.25, 0.3) is 0 Å². The smallest absolute Gasteiger partial charge is 0.0552 e. The molecule has 0 bridgehead atoms. The van der Waals surface area contributed by atoms with Crippen molar-refractivity contribution in [2.45, 2.75) is 58.6 Å². The maximum absolute atomic E-state index is 9.72. The van der Waals surface area contributed by atoms with Gasteiger partial charge >= 0.3 is 0 Å². The van der Waals surface area contributed by atoms with Crippen LogP contribution in [0.2, 0.25) is 0 Å². The van der Waals surface area contributed by atoms with E-state index >= 15 is 0 Å². The van der Waals surface area contributed by atoms with Crippen molar-refractivity contribution in [1.82, 2.24) is 10.2 Å². The molecule has 0 aromatic heterocycles. The van der Waals surface area contributed by atoms with Crippen molar-refractivity contribution in [3.05, 3.63) is 0 Å². The summed E-state index contributed by atoms with van der Waals surface area (Å²) in [6.07, 6.45) is 5.07. The number of rotatable bonds is 4. The Morgan fingerprint density at radius 2 is 2.11 bits per heavy atom. The van der Waals surface area contributed by atoms with Gasteiger partial charge in [0.15, 0.2) is 0 Å². The zero-order valence-corrected chi connectivity index (χ0v) is 13.2. The summed E-state index contributed by atoms with van der Waals surface area (Å²) >= 11 is 0. The predicted octanol–water partition coefficient (Wildman–Crippen LogP) is 2.10. The van der Waals surface area contributed by atoms with Gasteiger partial charge in [-0.3, -0.25) is 0 Å². The molecule has 1 heterocycles. The number of aliphatic hydroxyl groups excluding tert-OH is 1. The van der Waals surface area contributed by atoms with E-state index in [2.05, 4.69) is 31.1 Å². The molecule has 2 aliphatic rings. The lowest BCUT2D eigenvalue weighted by atomic mass is 9.68. The van der Waals surface area contributed by atoms with E-state index in [1.165, 1.54) is 32.4 Å². The van der Waals surface area contributed by atoms with Crippen LogP contribution in [0.5, 0.6) is 0 Å². The third-order valence-corrected chi connectivity index (χ3v) is 5.50. The Morgan fingerprint density at radius 3 is 2.68 bits per heavy atom. The Hall–Kier alpha value is -0.120. The molecule has 0 radical (unpaired) electrons. The molecule has 1 aliphatic carbocycles. The van der Waals surface area contributed by atoms with Crippen LogP contribution in [-0.4, -0.2) is 48.8 Å². The van der Waals surface area contributed by atoms with Crippen molar-refractivity contribution in [3.8, 4) is 0 Å². The van der Waals surface area contributed by atoms with Gasteiger partial charge in [-0.05, 0) is 57.0 Å². The predicted molar refractivity (Wildman–Crippen MR) is 80.2 cm³/mol. The molecular weight excluding hydrogens is 236 g/mol. The quantitative estimate of drug-likeness (QED) is 0.820. The highest BCUT2D eigenvalue weighted by molar-refractivity contribution is 4.94. The van der Waals surface area contributed by atoms with Crippen molar-refractivity contribution >= 4 is 0 Å². The third kappa shape index (κ3) is 3.50. The fraction of sp³-hybridized carbons (Fsp3) is 1.00. The molecule has 1 aliphatic heterocycles. The van der Waals surface area contributed by atoms with E-state index in [1.54, 1.807) is 0 Å². The highest BCUT2D eigenvalue weighted by Gasteiger charge is 2.39. The Balaban J connectivity index is 1.91. The molecule has 1 saturated heterocycles. The van der Waals surface area contributed by atoms with Crippen LogP contribution in [0.3, 0.4) is 0 Å². The van der Waals surface area contributed by atoms with Crippen molar-refractivity contribution < 1.29 is 5.11 Å². The van der Waals surface area contributed by atoms with Gasteiger partial charge in [0.05, 0.1) is 6.10 Å². The zero-order valence-electron chi connectivity index (χ0n) is 13.2. The van der Waals surface area contributed by atoms with E-state index in [0.717, 1.165) is 18.9 Å². The fourth-order valence-electron chi connectivity index (χ4n) is 4.36. The molecule has 4 atom stereocenters. The van der Waals surface area contributed by atoms with Gasteiger partial charge in [0.1, 0.15) is 0 Å². The third-order valence-electron chi connectivity index (χ3n) is 5.50. The van der Waals surface area contributed by atoms with Gasteiger partial charge in [-0.1, -0.05) is 20.3 Å². The van der Waals surface area contributed by atoms with Crippen LogP contribution >= 0.6 is 0 Å². The number of nitrogens with one attached hydrogen (secondary N) is 1. The Kier molecular flexibility index (Phi) is 4.91. The summed E-state index contributed by atoms with van der Waals surface area (Å²) in [6.45, 7) is 10.2. The molecule has 0 spiro atoms. The summed E-state index contributed by atoms with van der Waals surface area (Å²) in [5.41, 5.74) is 0.418. The van der Waals surface area contributed by atoms with Gasteiger partial charge in [-0.25, -0.2) is 0 Å². The summed E-state index contributed by atoms with van der Waals surface area (Å²) in [6, 6.07) is 0.631. The van der Waals surface area contributed by atoms with Gasteiger partial charge in [-0.15, -0.1) is 0 Å². The highest BCUT2D eigenvalue weighted by atomic mass is 16.3. The maximum Gasteiger partial charge on any atom is 0.0552 e. The number of hydrogen-bond acceptors (Lipinski definition) is 3. The van der Waals surface area contributed by atoms with Crippen molar-refractivity contribution in [2.24, 2.45) is 17.3 Å². The number of aliphatic hydroxyl groups is 1. The Labute approximate surface area is 118 Å². The van der Waals surface area contributed by atoms with Crippen LogP contribution in [-0.2, 0) is 0 Å². The van der Waals surface area contributed by atoms with Gasteiger partial charge < -0.3 is 15.3 Å². The molecule has 3 heteroatoms. The summed E-state index contributed by atoms with van der Waals surface area (Å²) in [4.78, 5) is 2.58. The van der Waals surface area contributed by atoms with Crippen LogP contribution in [0.15, 0.2) is 0 Å². The van der Waals surface area contributed by atoms with Gasteiger partial charge in [-0.2, -0.15) is 0 Å². The largest absolute Gasteiger partial charge is 0.393 e. The lowest BCUT2D eigenvalue weighted by Gasteiger charge is -2.45. The molecule has 2 N–H and O–H groups in total. The van der Waals surface area contributed by atoms with E-state index in [0.29, 0.717) is 17.4 Å². The minimum absolute atomic E-state index is 0.145. The standard InChI is InChI=1S/C16H32N2O/c1-12(19)13-7-9-18(10-13)11-14-6-5-8-16(2,3)15(14)17-4/h12-15,17,19H,5-11H2,1-4H3. The summed E-state index contributed by atoms with van der Waals surface area (Å²) in [7, 11) is 2.12. The van der Waals surface area contributed by atoms with Gasteiger partial charge in [0.25, 0.3) is 0 Å². The fourth-order valence-corrected chi connectivity index (χ4v) is 4.36. The second kappa shape index (κ2) is 6.11. The average Bonchev–Trinajstić information content (AvgIpc) is 2.77. The number of nitrogens with zero attached hydrogens (tertiary/aromatic N) is 1. The van der Waals surface area contributed by atoms with Crippen molar-refractivity contribution in [2.75, 3.05) is 26.7 Å². The summed E-state index contributed by atoms with van der Waals surface area (Å²) in [5, 5.41) is 13.3. The summed E-state index contributed by atoms with van der Waals surface area (Å²) < 4.78 is 0. The molecule has 2 fully saturated rings. The SMILES string of the molecule is CNC1C(CN2CCC(C(C)O)C2)CCCC1(C)C. The van der Waals surface area contributed by atoms with Crippen LogP contribution in [0.4, 0.5) is 0 Å². The minimum atomic E-state index is -0.145. The number of likely N-dealkylation sites (tertiary alicyclic amines) is 1. The van der Waals surface area contributed by atoms with Gasteiger partial charge in [0, 0.05) is 19.1 Å². The lowest BCUT2D eigenvalue weighted by Crippen LogP contribution is -2.51. The molecule has 4 unspecified atom stereocenters. The first-order valence-electron chi connectivity index (χ1n) is 8.01. The normalized spacial score (nSPS) is 37.4. The van der Waals surface area contributed by atoms with E-state index in [9.17, 15) is 5.11 Å². The van der Waals surface area contributed by atoms with E-state index in [4.69, 9.17) is 0 Å².